The number of nitrogens with one attached hydrogen (secondary N) is 1. The summed E-state index contributed by atoms with van der Waals surface area (Å²) < 4.78 is 11.5. The van der Waals surface area contributed by atoms with Gasteiger partial charge in [-0.1, -0.05) is 0 Å². The highest BCUT2D eigenvalue weighted by atomic mass is 16.5. The molecule has 1 aromatic heterocycles. The summed E-state index contributed by atoms with van der Waals surface area (Å²) in [4.78, 5) is 23.3. The minimum absolute atomic E-state index is 0.130. The predicted molar refractivity (Wildman–Crippen MR) is 134 cm³/mol. The number of nitriles is 2. The fraction of sp³-hybridized carbons (Fsp3) is 0.222. The first-order valence-corrected chi connectivity index (χ1v) is 11.3. The third-order valence-corrected chi connectivity index (χ3v) is 5.57. The van der Waals surface area contributed by atoms with Crippen LogP contribution in [0.5, 0.6) is 11.6 Å². The Morgan fingerprint density at radius 2 is 1.75 bits per heavy atom. The van der Waals surface area contributed by atoms with Crippen LogP contribution in [0.3, 0.4) is 0 Å². The summed E-state index contributed by atoms with van der Waals surface area (Å²) in [7, 11) is 0. The molecule has 9 heteroatoms. The number of ether oxygens (including phenoxy) is 2. The van der Waals surface area contributed by atoms with E-state index in [9.17, 15) is 10.1 Å². The van der Waals surface area contributed by atoms with E-state index >= 15 is 0 Å². The highest BCUT2D eigenvalue weighted by Crippen LogP contribution is 2.32. The first-order chi connectivity index (χ1) is 17.5. The zero-order valence-electron chi connectivity index (χ0n) is 20.0. The number of aryl methyl sites for hydroxylation is 2. The van der Waals surface area contributed by atoms with Crippen LogP contribution < -0.4 is 10.1 Å². The van der Waals surface area contributed by atoms with E-state index < -0.39 is 0 Å². The van der Waals surface area contributed by atoms with Crippen molar-refractivity contribution >= 4 is 23.6 Å². The van der Waals surface area contributed by atoms with Gasteiger partial charge in [0.05, 0.1) is 42.0 Å². The molecule has 0 radical (unpaired) electrons. The molecule has 4 rings (SSSR count). The van der Waals surface area contributed by atoms with Crippen LogP contribution in [0.25, 0.3) is 6.08 Å². The molecule has 9 nitrogen and oxygen atoms in total. The standard InChI is InChI=1S/C27H24N6O3/c1-18-13-21(16-29)14-19(2)25(18)36-26-22(5-8-24(34)33-9-11-35-12-10-33)17-30-27(32-26)31-23-6-3-20(15-28)4-7-23/h3-8,13-14,17H,9-12H2,1-2H3,(H,30,31,32)/b8-5+. The van der Waals surface area contributed by atoms with Gasteiger partial charge in [-0.3, -0.25) is 4.79 Å². The molecular weight excluding hydrogens is 456 g/mol. The second-order valence-electron chi connectivity index (χ2n) is 8.19. The highest BCUT2D eigenvalue weighted by Gasteiger charge is 2.16. The molecule has 0 spiro atoms. The fourth-order valence-corrected chi connectivity index (χ4v) is 3.71. The molecule has 1 aliphatic heterocycles. The lowest BCUT2D eigenvalue weighted by molar-refractivity contribution is -0.129. The van der Waals surface area contributed by atoms with E-state index in [2.05, 4.69) is 27.4 Å². The Kier molecular flexibility index (Phi) is 7.54. The summed E-state index contributed by atoms with van der Waals surface area (Å²) in [6.07, 6.45) is 4.68. The SMILES string of the molecule is Cc1cc(C#N)cc(C)c1Oc1nc(Nc2ccc(C#N)cc2)ncc1/C=C/C(=O)N1CCOCC1. The van der Waals surface area contributed by atoms with E-state index in [0.717, 1.165) is 11.1 Å². The average Bonchev–Trinajstić information content (AvgIpc) is 2.90. The van der Waals surface area contributed by atoms with Gasteiger partial charge >= 0.3 is 0 Å². The number of benzene rings is 2. The maximum atomic E-state index is 12.6. The van der Waals surface area contributed by atoms with E-state index in [-0.39, 0.29) is 17.7 Å². The van der Waals surface area contributed by atoms with E-state index in [0.29, 0.717) is 54.4 Å². The van der Waals surface area contributed by atoms with Crippen LogP contribution in [-0.2, 0) is 9.53 Å². The molecule has 0 bridgehead atoms. The van der Waals surface area contributed by atoms with E-state index in [4.69, 9.17) is 14.7 Å². The molecule has 1 aliphatic rings. The first kappa shape index (κ1) is 24.4. The average molecular weight is 481 g/mol. The summed E-state index contributed by atoms with van der Waals surface area (Å²) in [6.45, 7) is 5.84. The van der Waals surface area contributed by atoms with Crippen molar-refractivity contribution in [2.24, 2.45) is 0 Å². The summed E-state index contributed by atoms with van der Waals surface area (Å²) in [5.41, 5.74) is 3.88. The second-order valence-corrected chi connectivity index (χ2v) is 8.19. The molecule has 1 fully saturated rings. The number of hydrogen-bond donors (Lipinski definition) is 1. The molecule has 0 saturated carbocycles. The van der Waals surface area contributed by atoms with Gasteiger partial charge in [-0.05, 0) is 67.4 Å². The number of hydrogen-bond acceptors (Lipinski definition) is 8. The number of amides is 1. The number of carbonyl (C=O) groups is 1. The normalized spacial score (nSPS) is 13.2. The zero-order chi connectivity index (χ0) is 25.5. The van der Waals surface area contributed by atoms with E-state index in [1.54, 1.807) is 53.6 Å². The maximum absolute atomic E-state index is 12.6. The van der Waals surface area contributed by atoms with Crippen LogP contribution in [0.4, 0.5) is 11.6 Å². The van der Waals surface area contributed by atoms with E-state index in [1.807, 2.05) is 13.8 Å². The van der Waals surface area contributed by atoms with Gasteiger partial charge in [-0.15, -0.1) is 0 Å². The molecule has 180 valence electrons. The Morgan fingerprint density at radius 3 is 2.39 bits per heavy atom. The van der Waals surface area contributed by atoms with Crippen LogP contribution in [0.2, 0.25) is 0 Å². The van der Waals surface area contributed by atoms with Gasteiger partial charge in [0.15, 0.2) is 0 Å². The molecule has 1 N–H and O–H groups in total. The molecule has 2 aromatic carbocycles. The third kappa shape index (κ3) is 5.84. The van der Waals surface area contributed by atoms with Crippen LogP contribution in [0, 0.1) is 36.5 Å². The summed E-state index contributed by atoms with van der Waals surface area (Å²) in [5, 5.41) is 21.4. The first-order valence-electron chi connectivity index (χ1n) is 11.3. The topological polar surface area (TPSA) is 124 Å². The van der Waals surface area contributed by atoms with Crippen molar-refractivity contribution in [2.75, 3.05) is 31.6 Å². The Bertz CT molecular complexity index is 1360. The molecule has 1 saturated heterocycles. The van der Waals surface area contributed by atoms with Gasteiger partial charge in [-0.25, -0.2) is 4.98 Å². The molecule has 2 heterocycles. The van der Waals surface area contributed by atoms with Crippen molar-refractivity contribution in [2.45, 2.75) is 13.8 Å². The quantitative estimate of drug-likeness (QED) is 0.520. The number of rotatable bonds is 6. The number of carbonyl (C=O) groups excluding carboxylic acids is 1. The van der Waals surface area contributed by atoms with Crippen molar-refractivity contribution in [3.05, 3.63) is 76.5 Å². The lowest BCUT2D eigenvalue weighted by Gasteiger charge is -2.25. The number of nitrogens with zero attached hydrogens (tertiary/aromatic N) is 5. The Balaban J connectivity index is 1.65. The van der Waals surface area contributed by atoms with Crippen LogP contribution in [-0.4, -0.2) is 47.1 Å². The molecule has 0 unspecified atom stereocenters. The van der Waals surface area contributed by atoms with Gasteiger partial charge in [0.25, 0.3) is 0 Å². The van der Waals surface area contributed by atoms with Crippen LogP contribution in [0.15, 0.2) is 48.7 Å². The molecule has 0 aliphatic carbocycles. The largest absolute Gasteiger partial charge is 0.438 e. The predicted octanol–water partition coefficient (Wildman–Crippen LogP) is 4.24. The van der Waals surface area contributed by atoms with Gasteiger partial charge in [0.2, 0.25) is 17.7 Å². The van der Waals surface area contributed by atoms with Gasteiger partial charge < -0.3 is 19.7 Å². The summed E-state index contributed by atoms with van der Waals surface area (Å²) >= 11 is 0. The third-order valence-electron chi connectivity index (χ3n) is 5.57. The number of anilines is 2. The molecule has 3 aromatic rings. The molecule has 0 atom stereocenters. The van der Waals surface area contributed by atoms with Gasteiger partial charge in [-0.2, -0.15) is 15.5 Å². The number of aromatic nitrogens is 2. The molecular formula is C27H24N6O3. The summed E-state index contributed by atoms with van der Waals surface area (Å²) in [6, 6.07) is 14.6. The lowest BCUT2D eigenvalue weighted by Crippen LogP contribution is -2.39. The maximum Gasteiger partial charge on any atom is 0.246 e. The number of morpholine rings is 1. The van der Waals surface area contributed by atoms with Crippen molar-refractivity contribution in [1.29, 1.82) is 10.5 Å². The van der Waals surface area contributed by atoms with Gasteiger partial charge in [0, 0.05) is 31.0 Å². The van der Waals surface area contributed by atoms with Crippen LogP contribution in [0.1, 0.15) is 27.8 Å². The minimum atomic E-state index is -0.130. The zero-order valence-corrected chi connectivity index (χ0v) is 20.0. The smallest absolute Gasteiger partial charge is 0.246 e. The summed E-state index contributed by atoms with van der Waals surface area (Å²) in [5.74, 6) is 0.986. The fourth-order valence-electron chi connectivity index (χ4n) is 3.71. The van der Waals surface area contributed by atoms with Crippen molar-refractivity contribution in [1.82, 2.24) is 14.9 Å². The van der Waals surface area contributed by atoms with Crippen molar-refractivity contribution in [3.63, 3.8) is 0 Å². The minimum Gasteiger partial charge on any atom is -0.438 e. The molecule has 36 heavy (non-hydrogen) atoms. The van der Waals surface area contributed by atoms with Gasteiger partial charge in [0.1, 0.15) is 5.75 Å². The lowest BCUT2D eigenvalue weighted by atomic mass is 10.1. The highest BCUT2D eigenvalue weighted by molar-refractivity contribution is 5.92. The van der Waals surface area contributed by atoms with E-state index in [1.165, 1.54) is 6.08 Å². The Hall–Kier alpha value is -4.73. The Morgan fingerprint density at radius 1 is 1.08 bits per heavy atom. The second kappa shape index (κ2) is 11.1. The molecule has 1 amide bonds. The monoisotopic (exact) mass is 480 g/mol. The van der Waals surface area contributed by atoms with Crippen LogP contribution >= 0.6 is 0 Å². The Labute approximate surface area is 209 Å². The van der Waals surface area contributed by atoms with Crippen molar-refractivity contribution in [3.8, 4) is 23.8 Å². The van der Waals surface area contributed by atoms with Crippen molar-refractivity contribution < 1.29 is 14.3 Å².